The molecule has 0 unspecified atom stereocenters. The summed E-state index contributed by atoms with van der Waals surface area (Å²) in [7, 11) is 0. The van der Waals surface area contributed by atoms with Crippen molar-refractivity contribution in [3.8, 4) is 0 Å². The van der Waals surface area contributed by atoms with E-state index < -0.39 is 0 Å². The van der Waals surface area contributed by atoms with Gasteiger partial charge in [0.25, 0.3) is 0 Å². The minimum Gasteiger partial charge on any atom is -0.338 e. The lowest BCUT2D eigenvalue weighted by Gasteiger charge is -2.10. The van der Waals surface area contributed by atoms with Crippen molar-refractivity contribution >= 4 is 12.4 Å². The maximum atomic E-state index is 5.31. The number of nitrogens with zero attached hydrogens (tertiary/aromatic N) is 2. The lowest BCUT2D eigenvalue weighted by Crippen LogP contribution is -2.13. The van der Waals surface area contributed by atoms with Crippen molar-refractivity contribution in [2.24, 2.45) is 5.73 Å². The highest BCUT2D eigenvalue weighted by atomic mass is 35.5. The quantitative estimate of drug-likeness (QED) is 0.726. The summed E-state index contributed by atoms with van der Waals surface area (Å²) >= 11 is 0. The lowest BCUT2D eigenvalue weighted by atomic mass is 9.96. The maximum absolute atomic E-state index is 5.31. The molecule has 0 saturated heterocycles. The third-order valence-electron chi connectivity index (χ3n) is 1.31. The van der Waals surface area contributed by atoms with Crippen molar-refractivity contribution in [1.29, 1.82) is 0 Å². The average molecular weight is 192 g/mol. The average Bonchev–Trinajstić information content (AvgIpc) is 2.32. The van der Waals surface area contributed by atoms with Crippen molar-refractivity contribution < 1.29 is 4.52 Å². The van der Waals surface area contributed by atoms with Crippen molar-refractivity contribution in [1.82, 2.24) is 10.1 Å². The van der Waals surface area contributed by atoms with Gasteiger partial charge in [0.15, 0.2) is 5.82 Å². The summed E-state index contributed by atoms with van der Waals surface area (Å²) in [6.45, 7) is 6.39. The molecule has 0 amide bonds. The first-order valence-corrected chi connectivity index (χ1v) is 3.57. The Balaban J connectivity index is 0.00000121. The molecule has 5 heteroatoms. The van der Waals surface area contributed by atoms with Gasteiger partial charge in [-0.2, -0.15) is 4.98 Å². The zero-order valence-electron chi connectivity index (χ0n) is 7.50. The fraction of sp³-hybridized carbons (Fsp3) is 0.714. The van der Waals surface area contributed by atoms with Gasteiger partial charge < -0.3 is 10.3 Å². The van der Waals surface area contributed by atoms with Crippen molar-refractivity contribution in [2.75, 3.05) is 0 Å². The van der Waals surface area contributed by atoms with E-state index in [1.807, 2.05) is 20.8 Å². The number of hydrogen-bond donors (Lipinski definition) is 1. The highest BCUT2D eigenvalue weighted by Crippen LogP contribution is 2.17. The molecule has 1 heterocycles. The van der Waals surface area contributed by atoms with Crippen LogP contribution in [-0.2, 0) is 12.0 Å². The Morgan fingerprint density at radius 3 is 2.25 bits per heavy atom. The molecule has 12 heavy (non-hydrogen) atoms. The SMILES string of the molecule is CC(C)(C)c1noc(CN)n1.Cl. The molecule has 0 aliphatic rings. The fourth-order valence-corrected chi connectivity index (χ4v) is 0.642. The largest absolute Gasteiger partial charge is 0.338 e. The van der Waals surface area contributed by atoms with Gasteiger partial charge in [-0.05, 0) is 0 Å². The molecular weight excluding hydrogens is 178 g/mol. The first-order chi connectivity index (χ1) is 5.04. The second-order valence-corrected chi connectivity index (χ2v) is 3.47. The Morgan fingerprint density at radius 1 is 1.42 bits per heavy atom. The summed E-state index contributed by atoms with van der Waals surface area (Å²) < 4.78 is 4.85. The summed E-state index contributed by atoms with van der Waals surface area (Å²) in [6, 6.07) is 0. The summed E-state index contributed by atoms with van der Waals surface area (Å²) in [4.78, 5) is 4.10. The number of nitrogens with two attached hydrogens (primary N) is 1. The van der Waals surface area contributed by atoms with Gasteiger partial charge in [-0.25, -0.2) is 0 Å². The summed E-state index contributed by atoms with van der Waals surface area (Å²) in [6.07, 6.45) is 0. The van der Waals surface area contributed by atoms with Crippen molar-refractivity contribution in [2.45, 2.75) is 32.7 Å². The van der Waals surface area contributed by atoms with E-state index in [1.54, 1.807) is 0 Å². The van der Waals surface area contributed by atoms with E-state index in [0.717, 1.165) is 0 Å². The zero-order chi connectivity index (χ0) is 8.48. The molecule has 0 atom stereocenters. The molecule has 4 nitrogen and oxygen atoms in total. The Hall–Kier alpha value is -0.610. The molecule has 70 valence electrons. The first kappa shape index (κ1) is 11.4. The molecule has 0 aliphatic heterocycles. The van der Waals surface area contributed by atoms with Crippen LogP contribution >= 0.6 is 12.4 Å². The number of aromatic nitrogens is 2. The van der Waals surface area contributed by atoms with E-state index in [9.17, 15) is 0 Å². The Morgan fingerprint density at radius 2 is 2.00 bits per heavy atom. The molecule has 2 N–H and O–H groups in total. The maximum Gasteiger partial charge on any atom is 0.240 e. The van der Waals surface area contributed by atoms with Gasteiger partial charge >= 0.3 is 0 Å². The van der Waals surface area contributed by atoms with E-state index >= 15 is 0 Å². The standard InChI is InChI=1S/C7H13N3O.ClH/c1-7(2,3)6-9-5(4-8)11-10-6;/h4,8H2,1-3H3;1H. The molecule has 0 fully saturated rings. The van der Waals surface area contributed by atoms with Gasteiger partial charge in [0.05, 0.1) is 6.54 Å². The van der Waals surface area contributed by atoms with Gasteiger partial charge in [0.2, 0.25) is 5.89 Å². The van der Waals surface area contributed by atoms with Crippen LogP contribution in [0.15, 0.2) is 4.52 Å². The summed E-state index contributed by atoms with van der Waals surface area (Å²) in [5.41, 5.74) is 5.25. The van der Waals surface area contributed by atoms with E-state index in [4.69, 9.17) is 10.3 Å². The molecule has 0 aromatic carbocycles. The third-order valence-corrected chi connectivity index (χ3v) is 1.31. The third kappa shape index (κ3) is 2.46. The normalized spacial score (nSPS) is 11.0. The van der Waals surface area contributed by atoms with Gasteiger partial charge in [-0.15, -0.1) is 12.4 Å². The Bertz CT molecular complexity index is 241. The number of halogens is 1. The van der Waals surface area contributed by atoms with Crippen LogP contribution < -0.4 is 5.73 Å². The second kappa shape index (κ2) is 3.87. The number of rotatable bonds is 1. The van der Waals surface area contributed by atoms with Gasteiger partial charge in [0, 0.05) is 5.41 Å². The summed E-state index contributed by atoms with van der Waals surface area (Å²) in [5, 5.41) is 3.79. The fourth-order valence-electron chi connectivity index (χ4n) is 0.642. The second-order valence-electron chi connectivity index (χ2n) is 3.47. The Kier molecular flexibility index (Phi) is 3.67. The van der Waals surface area contributed by atoms with Gasteiger partial charge in [-0.3, -0.25) is 0 Å². The molecule has 0 spiro atoms. The van der Waals surface area contributed by atoms with Gasteiger partial charge in [-0.1, -0.05) is 25.9 Å². The highest BCUT2D eigenvalue weighted by Gasteiger charge is 2.20. The van der Waals surface area contributed by atoms with Gasteiger partial charge in [0.1, 0.15) is 0 Å². The van der Waals surface area contributed by atoms with Crippen LogP contribution in [0.25, 0.3) is 0 Å². The molecule has 0 bridgehead atoms. The molecule has 0 radical (unpaired) electrons. The van der Waals surface area contributed by atoms with Crippen LogP contribution in [0, 0.1) is 0 Å². The molecule has 1 aromatic rings. The van der Waals surface area contributed by atoms with Crippen molar-refractivity contribution in [3.63, 3.8) is 0 Å². The lowest BCUT2D eigenvalue weighted by molar-refractivity contribution is 0.364. The first-order valence-electron chi connectivity index (χ1n) is 3.57. The smallest absolute Gasteiger partial charge is 0.240 e. The van der Waals surface area contributed by atoms with Crippen LogP contribution in [0.5, 0.6) is 0 Å². The topological polar surface area (TPSA) is 64.9 Å². The van der Waals surface area contributed by atoms with E-state index in [-0.39, 0.29) is 17.8 Å². The molecule has 0 saturated carbocycles. The van der Waals surface area contributed by atoms with Crippen LogP contribution in [0.1, 0.15) is 32.5 Å². The van der Waals surface area contributed by atoms with Crippen LogP contribution in [0.3, 0.4) is 0 Å². The minimum absolute atomic E-state index is 0. The number of hydrogen-bond acceptors (Lipinski definition) is 4. The predicted octanol–water partition coefficient (Wildman–Crippen LogP) is 1.25. The van der Waals surface area contributed by atoms with Crippen LogP contribution in [-0.4, -0.2) is 10.1 Å². The molecule has 1 rings (SSSR count). The van der Waals surface area contributed by atoms with Crippen molar-refractivity contribution in [3.05, 3.63) is 11.7 Å². The molecular formula is C7H14ClN3O. The predicted molar refractivity (Wildman–Crippen MR) is 48.1 cm³/mol. The Labute approximate surface area is 77.9 Å². The zero-order valence-corrected chi connectivity index (χ0v) is 8.31. The molecule has 0 aliphatic carbocycles. The van der Waals surface area contributed by atoms with Crippen LogP contribution in [0.2, 0.25) is 0 Å². The summed E-state index contributed by atoms with van der Waals surface area (Å²) in [5.74, 6) is 1.20. The van der Waals surface area contributed by atoms with E-state index in [0.29, 0.717) is 18.3 Å². The van der Waals surface area contributed by atoms with E-state index in [2.05, 4.69) is 10.1 Å². The molecule has 1 aromatic heterocycles. The van der Waals surface area contributed by atoms with E-state index in [1.165, 1.54) is 0 Å². The monoisotopic (exact) mass is 191 g/mol. The van der Waals surface area contributed by atoms with Crippen LogP contribution in [0.4, 0.5) is 0 Å². The minimum atomic E-state index is -0.0586. The highest BCUT2D eigenvalue weighted by molar-refractivity contribution is 5.85.